The van der Waals surface area contributed by atoms with Crippen LogP contribution in [0.15, 0.2) is 90.6 Å². The molecule has 25 heteroatoms. The first-order valence-corrected chi connectivity index (χ1v) is 25.4. The van der Waals surface area contributed by atoms with E-state index in [9.17, 15) is 38.4 Å². The van der Waals surface area contributed by atoms with E-state index in [-0.39, 0.29) is 57.7 Å². The number of amides is 8. The smallest absolute Gasteiger partial charge is 0.245 e. The van der Waals surface area contributed by atoms with Crippen molar-refractivity contribution in [2.45, 2.75) is 140 Å². The number of nitrogens with one attached hydrogen (secondary N) is 8. The molecule has 5 aromatic rings. The second-order valence-corrected chi connectivity index (χ2v) is 18.8. The van der Waals surface area contributed by atoms with Gasteiger partial charge in [0.1, 0.15) is 42.3 Å². The number of aromatic amines is 1. The number of carbonyl (C=O) groups is 8. The predicted octanol–water partition coefficient (Wildman–Crippen LogP) is -0.990. The number of benzene rings is 2. The Balaban J connectivity index is 1.39. The lowest BCUT2D eigenvalue weighted by Crippen LogP contribution is -2.61. The van der Waals surface area contributed by atoms with E-state index >= 15 is 0 Å². The highest BCUT2D eigenvalue weighted by Gasteiger charge is 2.35. The molecule has 0 radical (unpaired) electrons. The van der Waals surface area contributed by atoms with Crippen LogP contribution in [0.3, 0.4) is 0 Å². The number of nitrogens with zero attached hydrogens (tertiary/aromatic N) is 6. The average molecular weight is 1050 g/mol. The number of rotatable bonds is 17. The van der Waals surface area contributed by atoms with Gasteiger partial charge in [0.15, 0.2) is 5.96 Å². The van der Waals surface area contributed by atoms with E-state index < -0.39 is 89.6 Å². The second kappa shape index (κ2) is 28.1. The standard InChI is InChI=1S/C51H69N17O8/c1-3-4-17-36(58-31(2)69)45(71)59-37-18-10-9-16-34-27-68(66-65-34)29-41(44(52)70)63-50(76)42(28-67-23-21-33-15-8-11-20-43(33)67)64-47(73)38(19-12-22-56-51(53)54)60-48(74)39(24-32-13-6-5-7-14-32)61-49(75)40(62-46(37)72)25-35-26-55-30-57-35/h5-8,11,13-15,20-21,23,26-27,30,36-42H,3-4,9-10,12,16-19,22,24-25,28-29H2,1-2H3,(H2,52,70)(H,55,57)(H,58,69)(H,59,71)(H,60,74)(H,61,75)(H,62,72)(H,63,76)(H,64,73)(H4,53,54,56)/t36?,37?,38-,39+,40?,41?,42-/m0/s1. The maximum atomic E-state index is 14.8. The fourth-order valence-corrected chi connectivity index (χ4v) is 8.76. The fraction of sp³-hybridized carbons (Fsp3) is 0.451. The molecule has 1 aliphatic heterocycles. The zero-order valence-electron chi connectivity index (χ0n) is 42.7. The lowest BCUT2D eigenvalue weighted by molar-refractivity contribution is -0.135. The van der Waals surface area contributed by atoms with Gasteiger partial charge >= 0.3 is 0 Å². The molecule has 14 N–H and O–H groups in total. The lowest BCUT2D eigenvalue weighted by atomic mass is 10.0. The summed E-state index contributed by atoms with van der Waals surface area (Å²) in [6, 6.07) is 9.17. The monoisotopic (exact) mass is 1050 g/mol. The van der Waals surface area contributed by atoms with Crippen molar-refractivity contribution in [2.24, 2.45) is 22.2 Å². The van der Waals surface area contributed by atoms with Crippen LogP contribution in [0.5, 0.6) is 0 Å². The summed E-state index contributed by atoms with van der Waals surface area (Å²) in [6.07, 6.45) is 9.07. The number of para-hydroxylation sites is 1. The van der Waals surface area contributed by atoms with Gasteiger partial charge < -0.3 is 64.0 Å². The van der Waals surface area contributed by atoms with Crippen molar-refractivity contribution in [2.75, 3.05) is 6.54 Å². The summed E-state index contributed by atoms with van der Waals surface area (Å²) in [5.41, 5.74) is 19.4. The zero-order valence-corrected chi connectivity index (χ0v) is 42.7. The molecule has 4 heterocycles. The second-order valence-electron chi connectivity index (χ2n) is 18.8. The van der Waals surface area contributed by atoms with E-state index in [1.807, 2.05) is 37.3 Å². The third kappa shape index (κ3) is 17.2. The highest BCUT2D eigenvalue weighted by atomic mass is 16.2. The molecule has 3 aromatic heterocycles. The molecule has 7 atom stereocenters. The molecule has 0 aliphatic carbocycles. The number of carbonyl (C=O) groups excluding carboxylic acids is 8. The van der Waals surface area contributed by atoms with Gasteiger partial charge in [-0.05, 0) is 61.6 Å². The van der Waals surface area contributed by atoms with E-state index in [0.29, 0.717) is 49.1 Å². The number of fused-ring (bicyclic) bond motifs is 3. The summed E-state index contributed by atoms with van der Waals surface area (Å²) in [5.74, 6) is -5.96. The number of primary amides is 1. The van der Waals surface area contributed by atoms with Crippen LogP contribution in [0.1, 0.15) is 82.2 Å². The highest BCUT2D eigenvalue weighted by molar-refractivity contribution is 5.98. The van der Waals surface area contributed by atoms with Crippen LogP contribution in [0.25, 0.3) is 10.9 Å². The molecule has 8 amide bonds. The van der Waals surface area contributed by atoms with Crippen molar-refractivity contribution in [1.82, 2.24) is 66.7 Å². The maximum Gasteiger partial charge on any atom is 0.245 e. The number of imidazole rings is 1. The Bertz CT molecular complexity index is 2790. The molecular weight excluding hydrogens is 979 g/mol. The minimum absolute atomic E-state index is 0.0491. The largest absolute Gasteiger partial charge is 0.370 e. The highest BCUT2D eigenvalue weighted by Crippen LogP contribution is 2.17. The van der Waals surface area contributed by atoms with Gasteiger partial charge in [-0.1, -0.05) is 79.9 Å². The van der Waals surface area contributed by atoms with Gasteiger partial charge in [0.25, 0.3) is 0 Å². The first-order chi connectivity index (χ1) is 36.6. The average Bonchev–Trinajstić information content (AvgIpc) is 4.18. The Kier molecular flexibility index (Phi) is 21.0. The lowest BCUT2D eigenvalue weighted by Gasteiger charge is -2.28. The van der Waals surface area contributed by atoms with Gasteiger partial charge in [-0.2, -0.15) is 0 Å². The molecular formula is C51H69N17O8. The van der Waals surface area contributed by atoms with Crippen molar-refractivity contribution in [3.8, 4) is 0 Å². The van der Waals surface area contributed by atoms with Gasteiger partial charge in [0.05, 0.1) is 25.1 Å². The van der Waals surface area contributed by atoms with Crippen molar-refractivity contribution < 1.29 is 38.4 Å². The summed E-state index contributed by atoms with van der Waals surface area (Å²) in [7, 11) is 0. The quantitative estimate of drug-likeness (QED) is 0.0303. The van der Waals surface area contributed by atoms with E-state index in [1.54, 1.807) is 47.3 Å². The Morgan fingerprint density at radius 2 is 1.49 bits per heavy atom. The Hall–Kier alpha value is -8.64. The summed E-state index contributed by atoms with van der Waals surface area (Å²) < 4.78 is 3.12. The summed E-state index contributed by atoms with van der Waals surface area (Å²) in [5, 5.41) is 28.7. The number of unbranched alkanes of at least 4 members (excludes halogenated alkanes) is 1. The molecule has 25 nitrogen and oxygen atoms in total. The first kappa shape index (κ1) is 56.7. The molecule has 406 valence electrons. The molecule has 2 aromatic carbocycles. The van der Waals surface area contributed by atoms with E-state index in [1.165, 1.54) is 24.1 Å². The molecule has 0 spiro atoms. The minimum atomic E-state index is -1.36. The minimum Gasteiger partial charge on any atom is -0.370 e. The van der Waals surface area contributed by atoms with Crippen LogP contribution in [-0.4, -0.2) is 132 Å². The SMILES string of the molecule is CCCCC(NC(C)=O)C(=O)NC1CCCCc2cn(nn2)CC(C(N)=O)NC(=O)[C@H](Cn2ccc3ccccc32)NC(=O)[C@H](CCCN=C(N)N)NC(=O)[C@@H](Cc2ccccc2)NC(=O)C(Cc2cnc[nH]2)NC1=O. The number of guanidine groups is 1. The number of hydrogen-bond acceptors (Lipinski definition) is 12. The van der Waals surface area contributed by atoms with Gasteiger partial charge in [-0.3, -0.25) is 43.3 Å². The normalized spacial score (nSPS) is 20.8. The molecule has 76 heavy (non-hydrogen) atoms. The number of aliphatic imine (C=N–C) groups is 1. The van der Waals surface area contributed by atoms with Crippen molar-refractivity contribution in [3.05, 3.63) is 103 Å². The van der Waals surface area contributed by atoms with Crippen LogP contribution in [0, 0.1) is 0 Å². The number of H-pyrrole nitrogens is 1. The Morgan fingerprint density at radius 3 is 2.20 bits per heavy atom. The molecule has 1 aliphatic rings. The third-order valence-electron chi connectivity index (χ3n) is 12.8. The Morgan fingerprint density at radius 1 is 0.803 bits per heavy atom. The molecule has 0 fully saturated rings. The third-order valence-corrected chi connectivity index (χ3v) is 12.8. The number of nitrogens with two attached hydrogens (primary N) is 3. The van der Waals surface area contributed by atoms with Crippen LogP contribution in [0.4, 0.5) is 0 Å². The van der Waals surface area contributed by atoms with Crippen LogP contribution in [0.2, 0.25) is 0 Å². The number of hydrogen-bond donors (Lipinski definition) is 11. The molecule has 2 bridgehead atoms. The van der Waals surface area contributed by atoms with Crippen molar-refractivity contribution >= 4 is 64.1 Å². The van der Waals surface area contributed by atoms with E-state index in [0.717, 1.165) is 17.3 Å². The maximum absolute atomic E-state index is 14.8. The summed E-state index contributed by atoms with van der Waals surface area (Å²) in [6.45, 7) is 2.97. The van der Waals surface area contributed by atoms with Crippen LogP contribution < -0.4 is 54.4 Å². The molecule has 6 rings (SSSR count). The molecule has 4 unspecified atom stereocenters. The Labute approximate surface area is 439 Å². The number of aromatic nitrogens is 6. The number of aryl methyl sites for hydroxylation is 1. The predicted molar refractivity (Wildman–Crippen MR) is 280 cm³/mol. The molecule has 0 saturated heterocycles. The van der Waals surface area contributed by atoms with Gasteiger partial charge in [-0.15, -0.1) is 5.10 Å². The summed E-state index contributed by atoms with van der Waals surface area (Å²) in [4.78, 5) is 123. The van der Waals surface area contributed by atoms with Gasteiger partial charge in [-0.25, -0.2) is 9.67 Å². The van der Waals surface area contributed by atoms with Crippen LogP contribution in [-0.2, 0) is 70.7 Å². The zero-order chi connectivity index (χ0) is 54.6. The van der Waals surface area contributed by atoms with Gasteiger partial charge in [0, 0.05) is 56.1 Å². The fourth-order valence-electron chi connectivity index (χ4n) is 8.76. The van der Waals surface area contributed by atoms with E-state index in [4.69, 9.17) is 17.2 Å². The van der Waals surface area contributed by atoms with Crippen molar-refractivity contribution in [1.29, 1.82) is 0 Å². The first-order valence-electron chi connectivity index (χ1n) is 25.4. The van der Waals surface area contributed by atoms with Gasteiger partial charge in [0.2, 0.25) is 47.3 Å². The van der Waals surface area contributed by atoms with Crippen LogP contribution >= 0.6 is 0 Å². The van der Waals surface area contributed by atoms with Crippen molar-refractivity contribution in [3.63, 3.8) is 0 Å². The van der Waals surface area contributed by atoms with E-state index in [2.05, 4.69) is 62.5 Å². The topological polar surface area (TPSA) is 376 Å². The molecule has 0 saturated carbocycles. The summed E-state index contributed by atoms with van der Waals surface area (Å²) >= 11 is 0.